The first-order chi connectivity index (χ1) is 6.77. The number of carbonyl (C=O) groups is 1. The van der Waals surface area contributed by atoms with Crippen LogP contribution in [0.15, 0.2) is 24.3 Å². The van der Waals surface area contributed by atoms with Gasteiger partial charge in [-0.15, -0.1) is 0 Å². The van der Waals surface area contributed by atoms with Crippen molar-refractivity contribution in [1.82, 2.24) is 0 Å². The number of hydrogen-bond donors (Lipinski definition) is 2. The minimum absolute atomic E-state index is 0.393. The van der Waals surface area contributed by atoms with E-state index in [4.69, 9.17) is 5.73 Å². The summed E-state index contributed by atoms with van der Waals surface area (Å²) in [5.41, 5.74) is 7.76. The van der Waals surface area contributed by atoms with Crippen LogP contribution >= 0.6 is 12.6 Å². The van der Waals surface area contributed by atoms with Crippen LogP contribution in [0.5, 0.6) is 0 Å². The molecule has 0 atom stereocenters. The van der Waals surface area contributed by atoms with E-state index in [1.807, 2.05) is 24.3 Å². The number of benzene rings is 1. The fourth-order valence-corrected chi connectivity index (χ4v) is 3.84. The molecule has 0 aliphatic rings. The van der Waals surface area contributed by atoms with Gasteiger partial charge in [0.15, 0.2) is 0 Å². The topological polar surface area (TPSA) is 43.1 Å². The van der Waals surface area contributed by atoms with Gasteiger partial charge in [-0.1, -0.05) is 0 Å². The van der Waals surface area contributed by atoms with E-state index < -0.39 is 21.1 Å². The summed E-state index contributed by atoms with van der Waals surface area (Å²) in [6, 6.07) is 7.87. The van der Waals surface area contributed by atoms with Crippen LogP contribution in [0.25, 0.3) is 0 Å². The molecule has 0 spiro atoms. The Morgan fingerprint density at radius 1 is 1.36 bits per heavy atom. The first kappa shape index (κ1) is 12.1. The number of hydrogen-bond acceptors (Lipinski definition) is 3. The van der Waals surface area contributed by atoms with Crippen molar-refractivity contribution < 1.29 is 4.79 Å². The van der Waals surface area contributed by atoms with Crippen LogP contribution in [0, 0.1) is 0 Å². The van der Waals surface area contributed by atoms with E-state index >= 15 is 0 Å². The molecular formula is C10H13NOSSn. The van der Waals surface area contributed by atoms with Crippen LogP contribution in [0.4, 0.5) is 0 Å². The molecule has 0 saturated heterocycles. The van der Waals surface area contributed by atoms with E-state index in [0.29, 0.717) is 16.8 Å². The zero-order chi connectivity index (χ0) is 10.4. The van der Waals surface area contributed by atoms with E-state index in [-0.39, 0.29) is 0 Å². The van der Waals surface area contributed by atoms with Gasteiger partial charge in [-0.25, -0.2) is 0 Å². The molecule has 0 unspecified atom stereocenters. The maximum atomic E-state index is 11.5. The Morgan fingerprint density at radius 3 is 2.57 bits per heavy atom. The Labute approximate surface area is 99.9 Å². The Bertz CT molecular complexity index is 317. The molecule has 1 aromatic carbocycles. The quantitative estimate of drug-likeness (QED) is 0.624. The average molecular weight is 314 g/mol. The molecule has 0 heterocycles. The van der Waals surface area contributed by atoms with Gasteiger partial charge >= 0.3 is 100 Å². The molecule has 1 rings (SSSR count). The summed E-state index contributed by atoms with van der Waals surface area (Å²) in [5.74, 6) is 0. The molecule has 2 radical (unpaired) electrons. The molecule has 0 aliphatic heterocycles. The second-order valence-electron chi connectivity index (χ2n) is 2.91. The van der Waals surface area contributed by atoms with Crippen LogP contribution in [0.1, 0.15) is 11.1 Å². The molecule has 0 amide bonds. The van der Waals surface area contributed by atoms with E-state index in [9.17, 15) is 4.79 Å². The Balaban J connectivity index is 2.70. The standard InChI is InChI=1S/C9H10NO.CH3S.Sn/c10-7-9-4-2-1-3-8(9)5-6-11;1-2;/h1-4H,5,7,10H2;2H,1H2;. The number of nitrogens with two attached hydrogens (primary N) is 1. The van der Waals surface area contributed by atoms with Crippen LogP contribution in [-0.2, 0) is 17.8 Å². The molecule has 0 aromatic heterocycles. The zero-order valence-corrected chi connectivity index (χ0v) is 11.6. The fourth-order valence-electron chi connectivity index (χ4n) is 1.25. The third kappa shape index (κ3) is 3.63. The van der Waals surface area contributed by atoms with Crippen LogP contribution < -0.4 is 5.73 Å². The molecule has 14 heavy (non-hydrogen) atoms. The van der Waals surface area contributed by atoms with Gasteiger partial charge in [-0.3, -0.25) is 0 Å². The zero-order valence-electron chi connectivity index (χ0n) is 7.86. The second-order valence-corrected chi connectivity index (χ2v) is 8.53. The summed E-state index contributed by atoms with van der Waals surface area (Å²) in [6.07, 6.45) is 0.556. The van der Waals surface area contributed by atoms with E-state index in [1.54, 1.807) is 0 Å². The predicted octanol–water partition coefficient (Wildman–Crippen LogP) is 0.806. The summed E-state index contributed by atoms with van der Waals surface area (Å²) in [5, 5.41) is 0. The Hall–Kier alpha value is -0.00130. The third-order valence-electron chi connectivity index (χ3n) is 1.97. The Kier molecular flexibility index (Phi) is 5.58. The molecule has 0 aliphatic carbocycles. The van der Waals surface area contributed by atoms with Crippen molar-refractivity contribution in [1.29, 1.82) is 0 Å². The van der Waals surface area contributed by atoms with Gasteiger partial charge in [0.05, 0.1) is 0 Å². The molecule has 2 N–H and O–H groups in total. The number of carbonyl (C=O) groups excluding carboxylic acids is 1. The van der Waals surface area contributed by atoms with Crippen molar-refractivity contribution in [3.63, 3.8) is 0 Å². The fraction of sp³-hybridized carbons (Fsp3) is 0.300. The summed E-state index contributed by atoms with van der Waals surface area (Å²) in [7, 11) is 0. The molecule has 4 heteroatoms. The van der Waals surface area contributed by atoms with Crippen LogP contribution in [0.3, 0.4) is 0 Å². The van der Waals surface area contributed by atoms with Crippen LogP contribution in [0.2, 0.25) is 0 Å². The van der Waals surface area contributed by atoms with Crippen molar-refractivity contribution in [2.24, 2.45) is 5.73 Å². The van der Waals surface area contributed by atoms with Crippen LogP contribution in [-0.4, -0.2) is 28.7 Å². The first-order valence-electron chi connectivity index (χ1n) is 4.42. The van der Waals surface area contributed by atoms with Gasteiger partial charge in [0.25, 0.3) is 0 Å². The molecule has 0 fully saturated rings. The predicted molar refractivity (Wildman–Crippen MR) is 62.7 cm³/mol. The molecular weight excluding hydrogens is 301 g/mol. The molecule has 0 saturated carbocycles. The summed E-state index contributed by atoms with van der Waals surface area (Å²) < 4.78 is 1.18. The molecule has 0 bridgehead atoms. The normalized spacial score (nSPS) is 10.1. The van der Waals surface area contributed by atoms with Crippen molar-refractivity contribution in [2.45, 2.75) is 13.0 Å². The first-order valence-corrected chi connectivity index (χ1v) is 8.50. The maximum absolute atomic E-state index is 11.5. The van der Waals surface area contributed by atoms with Gasteiger partial charge in [-0.2, -0.15) is 0 Å². The van der Waals surface area contributed by atoms with Crippen molar-refractivity contribution in [2.75, 3.05) is 3.77 Å². The summed E-state index contributed by atoms with van der Waals surface area (Å²) in [4.78, 5) is 11.5. The molecule has 1 aromatic rings. The molecule has 74 valence electrons. The monoisotopic (exact) mass is 315 g/mol. The van der Waals surface area contributed by atoms with Gasteiger partial charge in [0.1, 0.15) is 0 Å². The van der Waals surface area contributed by atoms with Gasteiger partial charge in [0.2, 0.25) is 0 Å². The molecule has 2 nitrogen and oxygen atoms in total. The van der Waals surface area contributed by atoms with E-state index in [2.05, 4.69) is 12.6 Å². The summed E-state index contributed by atoms with van der Waals surface area (Å²) in [6.45, 7) is 0.509. The third-order valence-corrected chi connectivity index (χ3v) is 5.11. The minimum atomic E-state index is -0.898. The van der Waals surface area contributed by atoms with E-state index in [0.717, 1.165) is 14.9 Å². The van der Waals surface area contributed by atoms with Gasteiger partial charge in [-0.05, 0) is 0 Å². The van der Waals surface area contributed by atoms with E-state index in [1.165, 1.54) is 0 Å². The average Bonchev–Trinajstić information content (AvgIpc) is 2.19. The van der Waals surface area contributed by atoms with Crippen molar-refractivity contribution >= 4 is 37.6 Å². The van der Waals surface area contributed by atoms with Gasteiger partial charge < -0.3 is 0 Å². The van der Waals surface area contributed by atoms with Gasteiger partial charge in [0, 0.05) is 0 Å². The summed E-state index contributed by atoms with van der Waals surface area (Å²) >= 11 is 3.21. The SMILES string of the molecule is NCc1ccccc1C[C](=O)[Sn][CH2]S. The Morgan fingerprint density at radius 2 is 2.00 bits per heavy atom. The number of thiol groups is 1. The van der Waals surface area contributed by atoms with Crippen molar-refractivity contribution in [3.8, 4) is 0 Å². The van der Waals surface area contributed by atoms with Crippen molar-refractivity contribution in [3.05, 3.63) is 35.4 Å². The second kappa shape index (κ2) is 6.48. The number of rotatable bonds is 5.